The number of carbonyl (C=O) groups is 2. The number of amides is 3. The maximum atomic E-state index is 13.1. The molecular formula is C19H19FN2O3. The van der Waals surface area contributed by atoms with Crippen LogP contribution in [0.3, 0.4) is 0 Å². The molecular weight excluding hydrogens is 323 g/mol. The minimum absolute atomic E-state index is 0.0859. The van der Waals surface area contributed by atoms with E-state index < -0.39 is 17.4 Å². The highest BCUT2D eigenvalue weighted by Crippen LogP contribution is 2.28. The normalized spacial score (nSPS) is 19.9. The molecule has 3 amide bonds. The minimum Gasteiger partial charge on any atom is -0.492 e. The van der Waals surface area contributed by atoms with Crippen molar-refractivity contribution in [2.75, 3.05) is 13.2 Å². The van der Waals surface area contributed by atoms with Crippen LogP contribution in [0.1, 0.15) is 18.1 Å². The summed E-state index contributed by atoms with van der Waals surface area (Å²) in [5, 5.41) is 2.75. The zero-order valence-corrected chi connectivity index (χ0v) is 14.1. The van der Waals surface area contributed by atoms with E-state index in [0.717, 1.165) is 16.0 Å². The van der Waals surface area contributed by atoms with Crippen molar-refractivity contribution >= 4 is 11.9 Å². The molecule has 25 heavy (non-hydrogen) atoms. The summed E-state index contributed by atoms with van der Waals surface area (Å²) in [5.41, 5.74) is 0.707. The van der Waals surface area contributed by atoms with Gasteiger partial charge in [0.15, 0.2) is 0 Å². The van der Waals surface area contributed by atoms with E-state index in [2.05, 4.69) is 5.32 Å². The van der Waals surface area contributed by atoms with Crippen LogP contribution in [-0.2, 0) is 10.3 Å². The van der Waals surface area contributed by atoms with E-state index in [-0.39, 0.29) is 19.1 Å². The topological polar surface area (TPSA) is 58.6 Å². The first kappa shape index (κ1) is 17.0. The quantitative estimate of drug-likeness (QED) is 0.850. The maximum absolute atomic E-state index is 13.1. The van der Waals surface area contributed by atoms with Crippen molar-refractivity contribution in [3.8, 4) is 5.75 Å². The van der Waals surface area contributed by atoms with Crippen LogP contribution in [0.15, 0.2) is 48.5 Å². The molecule has 0 radical (unpaired) electrons. The highest BCUT2D eigenvalue weighted by molar-refractivity contribution is 6.07. The number of aryl methyl sites for hydroxylation is 1. The third kappa shape index (κ3) is 3.33. The lowest BCUT2D eigenvalue weighted by Gasteiger charge is -2.22. The van der Waals surface area contributed by atoms with Crippen molar-refractivity contribution in [3.05, 3.63) is 65.5 Å². The number of imide groups is 1. The molecule has 1 aliphatic heterocycles. The van der Waals surface area contributed by atoms with E-state index in [0.29, 0.717) is 5.75 Å². The summed E-state index contributed by atoms with van der Waals surface area (Å²) in [5.74, 6) is -0.378. The summed E-state index contributed by atoms with van der Waals surface area (Å²) in [6, 6.07) is 12.7. The summed E-state index contributed by atoms with van der Waals surface area (Å²) >= 11 is 0. The van der Waals surface area contributed by atoms with Crippen molar-refractivity contribution in [1.82, 2.24) is 10.2 Å². The average molecular weight is 342 g/mol. The number of benzene rings is 2. The fourth-order valence-corrected chi connectivity index (χ4v) is 2.79. The molecule has 0 aliphatic carbocycles. The van der Waals surface area contributed by atoms with Crippen molar-refractivity contribution in [1.29, 1.82) is 0 Å². The Balaban J connectivity index is 1.68. The fraction of sp³-hybridized carbons (Fsp3) is 0.263. The Morgan fingerprint density at radius 2 is 1.88 bits per heavy atom. The number of nitrogens with zero attached hydrogens (tertiary/aromatic N) is 1. The SMILES string of the molecule is Cc1ccc([C@]2(C)NC(=O)N(CCOc3cccc(F)c3)C2=O)cc1. The summed E-state index contributed by atoms with van der Waals surface area (Å²) in [4.78, 5) is 26.1. The van der Waals surface area contributed by atoms with Crippen LogP contribution in [-0.4, -0.2) is 30.0 Å². The molecule has 0 unspecified atom stereocenters. The lowest BCUT2D eigenvalue weighted by molar-refractivity contribution is -0.131. The second kappa shape index (κ2) is 6.55. The molecule has 3 rings (SSSR count). The molecule has 1 aliphatic rings. The van der Waals surface area contributed by atoms with Crippen LogP contribution in [0.5, 0.6) is 5.75 Å². The lowest BCUT2D eigenvalue weighted by Crippen LogP contribution is -2.41. The molecule has 1 fully saturated rings. The second-order valence-electron chi connectivity index (χ2n) is 6.18. The van der Waals surface area contributed by atoms with Gasteiger partial charge in [0.1, 0.15) is 23.7 Å². The number of hydrogen-bond donors (Lipinski definition) is 1. The van der Waals surface area contributed by atoms with Gasteiger partial charge in [-0.2, -0.15) is 0 Å². The highest BCUT2D eigenvalue weighted by atomic mass is 19.1. The van der Waals surface area contributed by atoms with Crippen molar-refractivity contribution < 1.29 is 18.7 Å². The number of carbonyl (C=O) groups excluding carboxylic acids is 2. The van der Waals surface area contributed by atoms with Gasteiger partial charge in [0.25, 0.3) is 5.91 Å². The molecule has 2 aromatic rings. The molecule has 1 atom stereocenters. The highest BCUT2D eigenvalue weighted by Gasteiger charge is 2.48. The van der Waals surface area contributed by atoms with E-state index in [1.807, 2.05) is 31.2 Å². The molecule has 1 saturated heterocycles. The zero-order valence-electron chi connectivity index (χ0n) is 14.1. The molecule has 1 N–H and O–H groups in total. The first-order valence-corrected chi connectivity index (χ1v) is 8.00. The zero-order chi connectivity index (χ0) is 18.0. The summed E-state index contributed by atoms with van der Waals surface area (Å²) in [6.07, 6.45) is 0. The van der Waals surface area contributed by atoms with E-state index in [9.17, 15) is 14.0 Å². The van der Waals surface area contributed by atoms with Gasteiger partial charge in [-0.3, -0.25) is 9.69 Å². The van der Waals surface area contributed by atoms with Crippen molar-refractivity contribution in [3.63, 3.8) is 0 Å². The van der Waals surface area contributed by atoms with E-state index in [4.69, 9.17) is 4.74 Å². The van der Waals surface area contributed by atoms with Crippen molar-refractivity contribution in [2.45, 2.75) is 19.4 Å². The smallest absolute Gasteiger partial charge is 0.325 e. The van der Waals surface area contributed by atoms with Gasteiger partial charge in [-0.25, -0.2) is 9.18 Å². The Bertz CT molecular complexity index is 807. The third-order valence-electron chi connectivity index (χ3n) is 4.28. The monoisotopic (exact) mass is 342 g/mol. The van der Waals surface area contributed by atoms with Crippen molar-refractivity contribution in [2.24, 2.45) is 0 Å². The van der Waals surface area contributed by atoms with Crippen LogP contribution in [0.4, 0.5) is 9.18 Å². The molecule has 6 heteroatoms. The average Bonchev–Trinajstić information content (AvgIpc) is 2.79. The molecule has 0 saturated carbocycles. The molecule has 0 bridgehead atoms. The minimum atomic E-state index is -1.09. The largest absolute Gasteiger partial charge is 0.492 e. The Morgan fingerprint density at radius 3 is 2.56 bits per heavy atom. The van der Waals surface area contributed by atoms with Crippen LogP contribution < -0.4 is 10.1 Å². The van der Waals surface area contributed by atoms with E-state index in [1.54, 1.807) is 13.0 Å². The van der Waals surface area contributed by atoms with Gasteiger partial charge < -0.3 is 10.1 Å². The summed E-state index contributed by atoms with van der Waals surface area (Å²) < 4.78 is 18.5. The van der Waals surface area contributed by atoms with Gasteiger partial charge >= 0.3 is 6.03 Å². The first-order chi connectivity index (χ1) is 11.9. The number of nitrogens with one attached hydrogen (secondary N) is 1. The summed E-state index contributed by atoms with van der Waals surface area (Å²) in [6.45, 7) is 3.82. The number of urea groups is 1. The van der Waals surface area contributed by atoms with Gasteiger partial charge in [-0.05, 0) is 31.5 Å². The van der Waals surface area contributed by atoms with Crippen LogP contribution in [0.25, 0.3) is 0 Å². The predicted octanol–water partition coefficient (Wildman–Crippen LogP) is 2.98. The number of hydrogen-bond acceptors (Lipinski definition) is 3. The molecule has 1 heterocycles. The van der Waals surface area contributed by atoms with Gasteiger partial charge in [-0.15, -0.1) is 0 Å². The first-order valence-electron chi connectivity index (χ1n) is 8.00. The molecule has 130 valence electrons. The third-order valence-corrected chi connectivity index (χ3v) is 4.28. The fourth-order valence-electron chi connectivity index (χ4n) is 2.79. The van der Waals surface area contributed by atoms with Gasteiger partial charge in [0.05, 0.1) is 6.54 Å². The van der Waals surface area contributed by atoms with Crippen LogP contribution >= 0.6 is 0 Å². The lowest BCUT2D eigenvalue weighted by atomic mass is 9.91. The van der Waals surface area contributed by atoms with Gasteiger partial charge in [0.2, 0.25) is 0 Å². The molecule has 0 aromatic heterocycles. The van der Waals surface area contributed by atoms with Crippen LogP contribution in [0.2, 0.25) is 0 Å². The van der Waals surface area contributed by atoms with E-state index in [1.165, 1.54) is 18.2 Å². The number of rotatable bonds is 5. The molecule has 0 spiro atoms. The van der Waals surface area contributed by atoms with Gasteiger partial charge in [0, 0.05) is 6.07 Å². The predicted molar refractivity (Wildman–Crippen MR) is 90.7 cm³/mol. The van der Waals surface area contributed by atoms with E-state index >= 15 is 0 Å². The number of ether oxygens (including phenoxy) is 1. The Labute approximate surface area is 145 Å². The number of halogens is 1. The second-order valence-corrected chi connectivity index (χ2v) is 6.18. The van der Waals surface area contributed by atoms with Gasteiger partial charge in [-0.1, -0.05) is 35.9 Å². The van der Waals surface area contributed by atoms with Crippen LogP contribution in [0, 0.1) is 12.7 Å². The Kier molecular flexibility index (Phi) is 4.44. The standard InChI is InChI=1S/C19H19FN2O3/c1-13-6-8-14(9-7-13)19(2)17(23)22(18(24)21-19)10-11-25-16-5-3-4-15(20)12-16/h3-9,12H,10-11H2,1-2H3,(H,21,24)/t19-/m0/s1. The molecule has 2 aromatic carbocycles. The summed E-state index contributed by atoms with van der Waals surface area (Å²) in [7, 11) is 0. The Morgan fingerprint density at radius 1 is 1.16 bits per heavy atom. The molecule has 5 nitrogen and oxygen atoms in total. The maximum Gasteiger partial charge on any atom is 0.325 e. The Hall–Kier alpha value is -2.89.